The molecule has 0 N–H and O–H groups in total. The van der Waals surface area contributed by atoms with Gasteiger partial charge >= 0.3 is 11.9 Å². The van der Waals surface area contributed by atoms with Crippen molar-refractivity contribution in [3.8, 4) is 35.2 Å². The fraction of sp³-hybridized carbons (Fsp3) is 0.0667. The van der Waals surface area contributed by atoms with Gasteiger partial charge in [0.2, 0.25) is 0 Å². The van der Waals surface area contributed by atoms with Crippen molar-refractivity contribution in [2.24, 2.45) is 0 Å². The maximum atomic E-state index is 14.6. The Morgan fingerprint density at radius 3 is 1.69 bits per heavy atom. The topological polar surface area (TPSA) is 52.6 Å². The van der Waals surface area contributed by atoms with Crippen LogP contribution in [0.15, 0.2) is 85.0 Å². The van der Waals surface area contributed by atoms with E-state index in [2.05, 4.69) is 36.8 Å². The zero-order valence-electron chi connectivity index (χ0n) is 19.6. The van der Waals surface area contributed by atoms with Crippen LogP contribution in [-0.2, 0) is 9.59 Å². The number of halogens is 2. The smallest absolute Gasteiger partial charge is 0.338 e. The second-order valence-corrected chi connectivity index (χ2v) is 7.68. The summed E-state index contributed by atoms with van der Waals surface area (Å²) in [6, 6.07) is 15.3. The molecule has 0 spiro atoms. The molecule has 0 aliphatic carbocycles. The lowest BCUT2D eigenvalue weighted by atomic mass is 10.1. The first-order valence-electron chi connectivity index (χ1n) is 10.6. The number of rotatable bonds is 4. The number of hydrogen-bond donors (Lipinski definition) is 0. The summed E-state index contributed by atoms with van der Waals surface area (Å²) in [6.45, 7) is 10.1. The van der Waals surface area contributed by atoms with E-state index in [1.165, 1.54) is 44.2 Å². The molecule has 0 aromatic heterocycles. The van der Waals surface area contributed by atoms with E-state index >= 15 is 0 Å². The van der Waals surface area contributed by atoms with Gasteiger partial charge in [0.25, 0.3) is 0 Å². The molecule has 178 valence electrons. The van der Waals surface area contributed by atoms with Crippen LogP contribution in [0.25, 0.3) is 0 Å². The zero-order chi connectivity index (χ0) is 26.2. The van der Waals surface area contributed by atoms with Crippen molar-refractivity contribution >= 4 is 11.9 Å². The van der Waals surface area contributed by atoms with E-state index in [0.717, 1.165) is 0 Å². The van der Waals surface area contributed by atoms with Crippen molar-refractivity contribution in [2.75, 3.05) is 0 Å². The normalized spacial score (nSPS) is 9.67. The number of benzene rings is 3. The Balaban J connectivity index is 1.76. The van der Waals surface area contributed by atoms with E-state index in [4.69, 9.17) is 9.47 Å². The maximum Gasteiger partial charge on any atom is 0.338 e. The highest BCUT2D eigenvalue weighted by Gasteiger charge is 2.11. The lowest BCUT2D eigenvalue weighted by Gasteiger charge is -2.03. The monoisotopic (exact) mass is 482 g/mol. The molecular weight excluding hydrogens is 462 g/mol. The number of carbonyl (C=O) groups excluding carboxylic acids is 2. The fourth-order valence-corrected chi connectivity index (χ4v) is 2.65. The first kappa shape index (κ1) is 25.7. The van der Waals surface area contributed by atoms with Gasteiger partial charge in [-0.2, -0.15) is 0 Å². The average Bonchev–Trinajstić information content (AvgIpc) is 2.85. The molecule has 0 bridgehead atoms. The predicted molar refractivity (Wildman–Crippen MR) is 132 cm³/mol. The molecular formula is C30H20F2O4. The van der Waals surface area contributed by atoms with Crippen LogP contribution < -0.4 is 9.47 Å². The first-order chi connectivity index (χ1) is 17.1. The van der Waals surface area contributed by atoms with Gasteiger partial charge in [-0.1, -0.05) is 42.9 Å². The van der Waals surface area contributed by atoms with E-state index in [0.29, 0.717) is 16.9 Å². The molecule has 3 aromatic rings. The summed E-state index contributed by atoms with van der Waals surface area (Å²) < 4.78 is 39.4. The van der Waals surface area contributed by atoms with Gasteiger partial charge in [0.1, 0.15) is 11.5 Å². The predicted octanol–water partition coefficient (Wildman–Crippen LogP) is 5.73. The van der Waals surface area contributed by atoms with Gasteiger partial charge in [0.05, 0.1) is 11.1 Å². The summed E-state index contributed by atoms with van der Waals surface area (Å²) in [5, 5.41) is 0. The van der Waals surface area contributed by atoms with Crippen LogP contribution in [0.4, 0.5) is 8.78 Å². The lowest BCUT2D eigenvalue weighted by molar-refractivity contribution is -0.130. The molecule has 0 unspecified atom stereocenters. The van der Waals surface area contributed by atoms with Gasteiger partial charge in [-0.25, -0.2) is 18.4 Å². The van der Waals surface area contributed by atoms with E-state index in [-0.39, 0.29) is 28.0 Å². The molecule has 6 heteroatoms. The van der Waals surface area contributed by atoms with Crippen molar-refractivity contribution in [1.29, 1.82) is 0 Å². The van der Waals surface area contributed by atoms with Crippen LogP contribution in [0.5, 0.6) is 11.5 Å². The van der Waals surface area contributed by atoms with E-state index in [1.807, 2.05) is 0 Å². The minimum Gasteiger partial charge on any atom is -0.423 e. The minimum atomic E-state index is -1.12. The minimum absolute atomic E-state index is 0.135. The van der Waals surface area contributed by atoms with Gasteiger partial charge in [-0.15, -0.1) is 0 Å². The Morgan fingerprint density at radius 2 is 1.17 bits per heavy atom. The largest absolute Gasteiger partial charge is 0.423 e. The highest BCUT2D eigenvalue weighted by molar-refractivity contribution is 5.89. The Kier molecular flexibility index (Phi) is 8.18. The van der Waals surface area contributed by atoms with E-state index in [9.17, 15) is 18.4 Å². The quantitative estimate of drug-likeness (QED) is 0.206. The molecule has 36 heavy (non-hydrogen) atoms. The molecule has 3 rings (SSSR count). The summed E-state index contributed by atoms with van der Waals surface area (Å²) in [5.41, 5.74) is 1.19. The molecule has 0 saturated heterocycles. The summed E-state index contributed by atoms with van der Waals surface area (Å²) in [5.74, 6) is 7.85. The molecule has 0 fully saturated rings. The molecule has 0 aliphatic rings. The first-order valence-corrected chi connectivity index (χ1v) is 10.6. The summed E-state index contributed by atoms with van der Waals surface area (Å²) >= 11 is 0. The van der Waals surface area contributed by atoms with Crippen LogP contribution in [0.1, 0.15) is 36.1 Å². The number of esters is 2. The fourth-order valence-electron chi connectivity index (χ4n) is 2.65. The van der Waals surface area contributed by atoms with Crippen molar-refractivity contribution < 1.29 is 27.8 Å². The average molecular weight is 482 g/mol. The van der Waals surface area contributed by atoms with Crippen molar-refractivity contribution in [3.05, 3.63) is 119 Å². The Morgan fingerprint density at radius 1 is 0.667 bits per heavy atom. The van der Waals surface area contributed by atoms with Gasteiger partial charge in [-0.3, -0.25) is 0 Å². The van der Waals surface area contributed by atoms with Crippen LogP contribution in [0.2, 0.25) is 0 Å². The van der Waals surface area contributed by atoms with Crippen LogP contribution in [-0.4, -0.2) is 11.9 Å². The lowest BCUT2D eigenvalue weighted by Crippen LogP contribution is -2.08. The molecule has 4 nitrogen and oxygen atoms in total. The highest BCUT2D eigenvalue weighted by Crippen LogP contribution is 2.18. The SMILES string of the molecule is C=C(C)C(=O)Oc1ccc(C#Cc2ccc(C#Cc3cccc(OC(=O)C(=C)C)c3)c(F)c2F)cc1. The maximum absolute atomic E-state index is 14.6. The van der Waals surface area contributed by atoms with Gasteiger partial charge in [0, 0.05) is 22.3 Å². The standard InChI is InChI=1S/C30H20F2O4/c1-19(2)29(33)35-25-16-10-21(11-17-25)8-12-23-14-15-24(28(32)27(23)31)13-9-22-6-5-7-26(18-22)36-30(34)20(3)4/h5-7,10-11,14-18H,1,3H2,2,4H3. The number of hydrogen-bond acceptors (Lipinski definition) is 4. The molecule has 0 amide bonds. The third kappa shape index (κ3) is 6.79. The summed E-state index contributed by atoms with van der Waals surface area (Å²) in [6.07, 6.45) is 0. The van der Waals surface area contributed by atoms with E-state index in [1.54, 1.807) is 30.3 Å². The Labute approximate surface area is 207 Å². The van der Waals surface area contributed by atoms with E-state index < -0.39 is 23.6 Å². The molecule has 3 aromatic carbocycles. The molecule has 0 saturated carbocycles. The Hall–Kier alpha value is -4.94. The highest BCUT2D eigenvalue weighted by atomic mass is 19.2. The second-order valence-electron chi connectivity index (χ2n) is 7.68. The van der Waals surface area contributed by atoms with Crippen molar-refractivity contribution in [2.45, 2.75) is 13.8 Å². The molecule has 0 atom stereocenters. The third-order valence-corrected chi connectivity index (χ3v) is 4.57. The van der Waals surface area contributed by atoms with Crippen LogP contribution >= 0.6 is 0 Å². The number of carbonyl (C=O) groups is 2. The van der Waals surface area contributed by atoms with Gasteiger partial charge < -0.3 is 9.47 Å². The van der Waals surface area contributed by atoms with Gasteiger partial charge in [-0.05, 0) is 68.4 Å². The van der Waals surface area contributed by atoms with Crippen molar-refractivity contribution in [3.63, 3.8) is 0 Å². The zero-order valence-corrected chi connectivity index (χ0v) is 19.6. The van der Waals surface area contributed by atoms with Crippen molar-refractivity contribution in [1.82, 2.24) is 0 Å². The van der Waals surface area contributed by atoms with Crippen LogP contribution in [0.3, 0.4) is 0 Å². The second kappa shape index (κ2) is 11.5. The molecule has 0 heterocycles. The summed E-state index contributed by atoms with van der Waals surface area (Å²) in [4.78, 5) is 23.2. The van der Waals surface area contributed by atoms with Gasteiger partial charge in [0.15, 0.2) is 11.6 Å². The van der Waals surface area contributed by atoms with Crippen LogP contribution in [0, 0.1) is 35.3 Å². The Bertz CT molecular complexity index is 1490. The summed E-state index contributed by atoms with van der Waals surface area (Å²) in [7, 11) is 0. The third-order valence-electron chi connectivity index (χ3n) is 4.57. The molecule has 0 aliphatic heterocycles. The molecule has 0 radical (unpaired) electrons. The number of ether oxygens (including phenoxy) is 2.